The van der Waals surface area contributed by atoms with Crippen molar-refractivity contribution in [2.45, 2.75) is 18.2 Å². The Hall–Kier alpha value is -1.33. The van der Waals surface area contributed by atoms with Crippen LogP contribution in [0.3, 0.4) is 0 Å². The van der Waals surface area contributed by atoms with Crippen LogP contribution in [0.1, 0.15) is 13.3 Å². The van der Waals surface area contributed by atoms with E-state index in [9.17, 15) is 4.79 Å². The molecule has 1 unspecified atom stereocenters. The van der Waals surface area contributed by atoms with Gasteiger partial charge in [-0.1, -0.05) is 40.5 Å². The molecule has 1 amide bonds. The van der Waals surface area contributed by atoms with E-state index in [0.717, 1.165) is 0 Å². The summed E-state index contributed by atoms with van der Waals surface area (Å²) in [5, 5.41) is 3.43. The first-order valence-corrected chi connectivity index (χ1v) is 7.14. The van der Waals surface area contributed by atoms with E-state index in [4.69, 9.17) is 11.6 Å². The van der Waals surface area contributed by atoms with Crippen molar-refractivity contribution in [1.82, 2.24) is 9.55 Å². The van der Waals surface area contributed by atoms with Crippen LogP contribution in [-0.4, -0.2) is 20.3 Å². The van der Waals surface area contributed by atoms with Crippen LogP contribution in [0.15, 0.2) is 36.9 Å². The molecule has 0 radical (unpaired) electrons. The maximum Gasteiger partial charge on any atom is 0.238 e. The zero-order valence-corrected chi connectivity index (χ0v) is 12.6. The third kappa shape index (κ3) is 3.16. The van der Waals surface area contributed by atoms with Gasteiger partial charge in [-0.3, -0.25) is 4.79 Å². The maximum absolute atomic E-state index is 12.0. The fourth-order valence-corrected chi connectivity index (χ4v) is 2.05. The van der Waals surface area contributed by atoms with Gasteiger partial charge >= 0.3 is 0 Å². The Morgan fingerprint density at radius 2 is 2.37 bits per heavy atom. The number of rotatable bonds is 4. The summed E-state index contributed by atoms with van der Waals surface area (Å²) in [4.78, 5) is 15.7. The number of hydrogen-bond donors (Lipinski definition) is 1. The minimum Gasteiger partial charge on any atom is -0.323 e. The summed E-state index contributed by atoms with van der Waals surface area (Å²) in [5.74, 6) is -0.0915. The topological polar surface area (TPSA) is 46.9 Å². The number of carbonyl (C=O) groups excluding carboxylic acids is 1. The van der Waals surface area contributed by atoms with Crippen LogP contribution < -0.4 is 5.32 Å². The molecular weight excluding hydrogens is 330 g/mol. The summed E-state index contributed by atoms with van der Waals surface area (Å²) in [7, 11) is 0. The Morgan fingerprint density at radius 3 is 3.00 bits per heavy atom. The van der Waals surface area contributed by atoms with Gasteiger partial charge < -0.3 is 9.88 Å². The van der Waals surface area contributed by atoms with Gasteiger partial charge in [0.2, 0.25) is 5.91 Å². The number of nitrogens with zero attached hydrogens (tertiary/aromatic N) is 2. The second-order valence-corrected chi connectivity index (χ2v) is 5.48. The number of imidazole rings is 1. The quantitative estimate of drug-likeness (QED) is 0.862. The van der Waals surface area contributed by atoms with E-state index < -0.39 is 0 Å². The number of carbonyl (C=O) groups is 1. The van der Waals surface area contributed by atoms with Crippen molar-refractivity contribution < 1.29 is 4.79 Å². The summed E-state index contributed by atoms with van der Waals surface area (Å²) in [6.07, 6.45) is 5.80. The van der Waals surface area contributed by atoms with Crippen LogP contribution in [0.4, 0.5) is 5.69 Å². The van der Waals surface area contributed by atoms with Gasteiger partial charge in [-0.05, 0) is 18.6 Å². The first kappa shape index (κ1) is 14.1. The van der Waals surface area contributed by atoms with Gasteiger partial charge in [0, 0.05) is 12.4 Å². The molecule has 100 valence electrons. The summed E-state index contributed by atoms with van der Waals surface area (Å²) in [6, 6.07) is 5.39. The summed E-state index contributed by atoms with van der Waals surface area (Å²) >= 11 is 9.53. The Bertz CT molecular complexity index is 571. The highest BCUT2D eigenvalue weighted by Gasteiger charge is 2.16. The van der Waals surface area contributed by atoms with Gasteiger partial charge in [0.1, 0.15) is 0 Å². The molecule has 1 heterocycles. The molecule has 0 aliphatic carbocycles. The highest BCUT2D eigenvalue weighted by atomic mass is 79.9. The van der Waals surface area contributed by atoms with Crippen molar-refractivity contribution in [2.24, 2.45) is 0 Å². The minimum atomic E-state index is -0.220. The SMILES string of the molecule is CCC(Br)C(=O)Nc1cccc(Cl)c1-n1ccnc1. The molecule has 0 aliphatic heterocycles. The van der Waals surface area contributed by atoms with Crippen molar-refractivity contribution in [3.05, 3.63) is 41.9 Å². The Morgan fingerprint density at radius 1 is 1.58 bits per heavy atom. The van der Waals surface area contributed by atoms with Crippen LogP contribution in [-0.2, 0) is 4.79 Å². The molecule has 1 atom stereocenters. The lowest BCUT2D eigenvalue weighted by molar-refractivity contribution is -0.115. The average molecular weight is 343 g/mol. The zero-order chi connectivity index (χ0) is 13.8. The molecule has 1 N–H and O–H groups in total. The first-order valence-electron chi connectivity index (χ1n) is 5.85. The number of aromatic nitrogens is 2. The highest BCUT2D eigenvalue weighted by molar-refractivity contribution is 9.10. The number of anilines is 1. The maximum atomic E-state index is 12.0. The normalized spacial score (nSPS) is 12.2. The standard InChI is InChI=1S/C13H13BrClN3O/c1-2-9(14)13(19)17-11-5-3-4-10(15)12(11)18-7-6-16-8-18/h3-9H,2H2,1H3,(H,17,19). The Balaban J connectivity index is 2.36. The summed E-state index contributed by atoms with van der Waals surface area (Å²) in [6.45, 7) is 1.94. The van der Waals surface area contributed by atoms with E-state index in [1.54, 1.807) is 35.4 Å². The third-order valence-corrected chi connectivity index (χ3v) is 4.02. The number of benzene rings is 1. The van der Waals surface area contributed by atoms with Crippen molar-refractivity contribution in [3.63, 3.8) is 0 Å². The van der Waals surface area contributed by atoms with E-state index in [2.05, 4.69) is 26.2 Å². The van der Waals surface area contributed by atoms with Crippen molar-refractivity contribution in [2.75, 3.05) is 5.32 Å². The van der Waals surface area contributed by atoms with Crippen molar-refractivity contribution in [1.29, 1.82) is 0 Å². The Kier molecular flexibility index (Phi) is 4.61. The largest absolute Gasteiger partial charge is 0.323 e. The van der Waals surface area contributed by atoms with E-state index in [1.807, 2.05) is 13.0 Å². The van der Waals surface area contributed by atoms with Crippen LogP contribution in [0.2, 0.25) is 5.02 Å². The van der Waals surface area contributed by atoms with E-state index in [0.29, 0.717) is 22.8 Å². The van der Waals surface area contributed by atoms with Crippen LogP contribution in [0.5, 0.6) is 0 Å². The van der Waals surface area contributed by atoms with Crippen LogP contribution in [0.25, 0.3) is 5.69 Å². The average Bonchev–Trinajstić information content (AvgIpc) is 2.91. The molecule has 0 aliphatic rings. The predicted molar refractivity (Wildman–Crippen MR) is 80.2 cm³/mol. The molecule has 0 bridgehead atoms. The van der Waals surface area contributed by atoms with E-state index in [1.165, 1.54) is 0 Å². The number of alkyl halides is 1. The fraction of sp³-hybridized carbons (Fsp3) is 0.231. The minimum absolute atomic E-state index is 0.0915. The van der Waals surface area contributed by atoms with Gasteiger partial charge in [-0.15, -0.1) is 0 Å². The van der Waals surface area contributed by atoms with Crippen molar-refractivity contribution >= 4 is 39.1 Å². The van der Waals surface area contributed by atoms with Gasteiger partial charge in [0.15, 0.2) is 0 Å². The number of amides is 1. The molecule has 2 aromatic rings. The molecule has 19 heavy (non-hydrogen) atoms. The second-order valence-electron chi connectivity index (χ2n) is 3.97. The lowest BCUT2D eigenvalue weighted by Crippen LogP contribution is -2.22. The monoisotopic (exact) mass is 341 g/mol. The Labute approximate surface area is 124 Å². The van der Waals surface area contributed by atoms with Gasteiger partial charge in [0.25, 0.3) is 0 Å². The number of para-hydroxylation sites is 1. The summed E-state index contributed by atoms with van der Waals surface area (Å²) in [5.41, 5.74) is 1.37. The number of halogens is 2. The lowest BCUT2D eigenvalue weighted by atomic mass is 10.2. The number of hydrogen-bond acceptors (Lipinski definition) is 2. The van der Waals surface area contributed by atoms with Gasteiger partial charge in [-0.2, -0.15) is 0 Å². The van der Waals surface area contributed by atoms with Gasteiger partial charge in [-0.25, -0.2) is 4.98 Å². The molecule has 1 aromatic carbocycles. The fourth-order valence-electron chi connectivity index (χ4n) is 1.67. The summed E-state index contributed by atoms with van der Waals surface area (Å²) < 4.78 is 1.77. The van der Waals surface area contributed by atoms with Gasteiger partial charge in [0.05, 0.1) is 27.6 Å². The second kappa shape index (κ2) is 6.21. The highest BCUT2D eigenvalue weighted by Crippen LogP contribution is 2.28. The molecule has 4 nitrogen and oxygen atoms in total. The molecule has 0 saturated carbocycles. The zero-order valence-electron chi connectivity index (χ0n) is 10.3. The molecule has 0 fully saturated rings. The first-order chi connectivity index (χ1) is 9.13. The number of nitrogens with one attached hydrogen (secondary N) is 1. The molecular formula is C13H13BrClN3O. The van der Waals surface area contributed by atoms with Crippen molar-refractivity contribution in [3.8, 4) is 5.69 Å². The third-order valence-electron chi connectivity index (χ3n) is 2.65. The van der Waals surface area contributed by atoms with E-state index in [-0.39, 0.29) is 10.7 Å². The lowest BCUT2D eigenvalue weighted by Gasteiger charge is -2.14. The van der Waals surface area contributed by atoms with Crippen LogP contribution >= 0.6 is 27.5 Å². The predicted octanol–water partition coefficient (Wildman–Crippen LogP) is 3.64. The molecule has 6 heteroatoms. The molecule has 1 aromatic heterocycles. The molecule has 0 spiro atoms. The van der Waals surface area contributed by atoms with E-state index >= 15 is 0 Å². The molecule has 0 saturated heterocycles. The smallest absolute Gasteiger partial charge is 0.238 e. The molecule has 2 rings (SSSR count). The van der Waals surface area contributed by atoms with Crippen LogP contribution in [0, 0.1) is 0 Å².